The van der Waals surface area contributed by atoms with Crippen molar-refractivity contribution in [3.63, 3.8) is 0 Å². The second kappa shape index (κ2) is 8.65. The standard InChI is InChI=1S/C25H17Br2F3N2O/c26-19-7-3-8-20(27)21(19)24-31-22-16-6-2-1-5-15(16)18-13-14(9-10-17(18)23(22)32-24)33-12-4-11-25(28,29)30/h1-3,5-10,13H,4,11-12H2,(H,31,32). The lowest BCUT2D eigenvalue weighted by Crippen LogP contribution is -2.09. The molecule has 0 unspecified atom stereocenters. The van der Waals surface area contributed by atoms with E-state index < -0.39 is 12.6 Å². The zero-order valence-corrected chi connectivity index (χ0v) is 20.3. The SMILES string of the molecule is FC(F)(F)CCCOc1ccc2c(c1)c1ccccc1c1nc(-c3c(Br)cccc3Br)[nH]c21. The molecule has 3 nitrogen and oxygen atoms in total. The summed E-state index contributed by atoms with van der Waals surface area (Å²) in [4.78, 5) is 8.42. The van der Waals surface area contributed by atoms with E-state index in [2.05, 4.69) is 36.8 Å². The van der Waals surface area contributed by atoms with Crippen LogP contribution in [-0.2, 0) is 0 Å². The third kappa shape index (κ3) is 4.34. The number of hydrogen-bond acceptors (Lipinski definition) is 2. The summed E-state index contributed by atoms with van der Waals surface area (Å²) in [5, 5.41) is 3.91. The second-order valence-electron chi connectivity index (χ2n) is 7.73. The Hall–Kier alpha value is -2.58. The average molecular weight is 578 g/mol. The van der Waals surface area contributed by atoms with Crippen LogP contribution < -0.4 is 4.74 Å². The number of benzene rings is 4. The summed E-state index contributed by atoms with van der Waals surface area (Å²) in [5.41, 5.74) is 2.68. The number of alkyl halides is 3. The van der Waals surface area contributed by atoms with Gasteiger partial charge < -0.3 is 9.72 Å². The first kappa shape index (κ1) is 22.2. The summed E-state index contributed by atoms with van der Waals surface area (Å²) in [7, 11) is 0. The summed E-state index contributed by atoms with van der Waals surface area (Å²) in [6.45, 7) is 0.00938. The van der Waals surface area contributed by atoms with Crippen molar-refractivity contribution < 1.29 is 17.9 Å². The largest absolute Gasteiger partial charge is 0.494 e. The van der Waals surface area contributed by atoms with Crippen molar-refractivity contribution >= 4 is 64.4 Å². The fourth-order valence-corrected chi connectivity index (χ4v) is 5.42. The van der Waals surface area contributed by atoms with Gasteiger partial charge in [0.2, 0.25) is 0 Å². The number of imidazole rings is 1. The molecule has 0 aliphatic carbocycles. The monoisotopic (exact) mass is 576 g/mol. The van der Waals surface area contributed by atoms with Crippen LogP contribution in [0.4, 0.5) is 13.2 Å². The van der Waals surface area contributed by atoms with Crippen molar-refractivity contribution in [1.82, 2.24) is 9.97 Å². The molecule has 0 radical (unpaired) electrons. The van der Waals surface area contributed by atoms with E-state index in [1.807, 2.05) is 54.6 Å². The Morgan fingerprint density at radius 3 is 2.30 bits per heavy atom. The summed E-state index contributed by atoms with van der Waals surface area (Å²) < 4.78 is 44.7. The molecular formula is C25H17Br2F3N2O. The van der Waals surface area contributed by atoms with Gasteiger partial charge >= 0.3 is 6.18 Å². The molecule has 168 valence electrons. The highest BCUT2D eigenvalue weighted by atomic mass is 79.9. The van der Waals surface area contributed by atoms with E-state index in [1.54, 1.807) is 6.07 Å². The van der Waals surface area contributed by atoms with Crippen molar-refractivity contribution in [3.05, 3.63) is 69.6 Å². The number of fused-ring (bicyclic) bond motifs is 6. The van der Waals surface area contributed by atoms with Gasteiger partial charge in [-0.15, -0.1) is 0 Å². The number of H-pyrrole nitrogens is 1. The van der Waals surface area contributed by atoms with Crippen LogP contribution in [0.25, 0.3) is 44.0 Å². The number of rotatable bonds is 5. The quantitative estimate of drug-likeness (QED) is 0.167. The lowest BCUT2D eigenvalue weighted by atomic mass is 10.00. The Labute approximate surface area is 204 Å². The van der Waals surface area contributed by atoms with Gasteiger partial charge in [-0.2, -0.15) is 13.2 Å². The normalized spacial score (nSPS) is 12.2. The molecule has 0 spiro atoms. The van der Waals surface area contributed by atoms with E-state index in [1.165, 1.54) is 0 Å². The third-order valence-corrected chi connectivity index (χ3v) is 6.83. The number of nitrogens with one attached hydrogen (secondary N) is 1. The van der Waals surface area contributed by atoms with E-state index in [-0.39, 0.29) is 13.0 Å². The Morgan fingerprint density at radius 1 is 0.848 bits per heavy atom. The van der Waals surface area contributed by atoms with Crippen LogP contribution in [0.3, 0.4) is 0 Å². The molecule has 0 atom stereocenters. The van der Waals surface area contributed by atoms with Crippen molar-refractivity contribution in [2.24, 2.45) is 0 Å². The third-order valence-electron chi connectivity index (χ3n) is 5.51. The van der Waals surface area contributed by atoms with Crippen LogP contribution in [-0.4, -0.2) is 22.8 Å². The minimum Gasteiger partial charge on any atom is -0.494 e. The van der Waals surface area contributed by atoms with Crippen LogP contribution in [0.5, 0.6) is 5.75 Å². The molecule has 4 aromatic carbocycles. The molecule has 5 aromatic rings. The van der Waals surface area contributed by atoms with Crippen LogP contribution in [0, 0.1) is 0 Å². The topological polar surface area (TPSA) is 37.9 Å². The number of ether oxygens (including phenoxy) is 1. The molecule has 0 saturated heterocycles. The molecule has 1 heterocycles. The first-order chi connectivity index (χ1) is 15.8. The van der Waals surface area contributed by atoms with Gasteiger partial charge in [0.1, 0.15) is 11.6 Å². The minimum atomic E-state index is -4.17. The molecule has 0 aliphatic rings. The van der Waals surface area contributed by atoms with E-state index >= 15 is 0 Å². The van der Waals surface area contributed by atoms with Gasteiger partial charge in [0.25, 0.3) is 0 Å². The van der Waals surface area contributed by atoms with E-state index in [0.29, 0.717) is 5.75 Å². The molecule has 0 amide bonds. The maximum atomic E-state index is 12.4. The van der Waals surface area contributed by atoms with E-state index in [0.717, 1.165) is 52.9 Å². The molecule has 5 rings (SSSR count). The van der Waals surface area contributed by atoms with Crippen molar-refractivity contribution in [3.8, 4) is 17.1 Å². The molecule has 1 aromatic heterocycles. The Kier molecular flexibility index (Phi) is 5.82. The smallest absolute Gasteiger partial charge is 0.389 e. The molecule has 8 heteroatoms. The van der Waals surface area contributed by atoms with Gasteiger partial charge in [-0.3, -0.25) is 0 Å². The highest BCUT2D eigenvalue weighted by Crippen LogP contribution is 2.39. The fourth-order valence-electron chi connectivity index (χ4n) is 4.05. The molecule has 1 N–H and O–H groups in total. The maximum Gasteiger partial charge on any atom is 0.389 e. The van der Waals surface area contributed by atoms with E-state index in [4.69, 9.17) is 9.72 Å². The predicted molar refractivity (Wildman–Crippen MR) is 133 cm³/mol. The summed E-state index contributed by atoms with van der Waals surface area (Å²) in [5.74, 6) is 1.27. The number of aromatic nitrogens is 2. The molecular weight excluding hydrogens is 561 g/mol. The highest BCUT2D eigenvalue weighted by molar-refractivity contribution is 9.11. The first-order valence-corrected chi connectivity index (χ1v) is 11.9. The Balaban J connectivity index is 1.63. The summed E-state index contributed by atoms with van der Waals surface area (Å²) in [6, 6.07) is 19.5. The van der Waals surface area contributed by atoms with Gasteiger partial charge in [0.15, 0.2) is 0 Å². The molecule has 0 saturated carbocycles. The number of halogens is 5. The molecule has 0 bridgehead atoms. The highest BCUT2D eigenvalue weighted by Gasteiger charge is 2.26. The van der Waals surface area contributed by atoms with Crippen molar-refractivity contribution in [2.45, 2.75) is 19.0 Å². The van der Waals surface area contributed by atoms with Gasteiger partial charge in [-0.05, 0) is 79.4 Å². The average Bonchev–Trinajstić information content (AvgIpc) is 3.21. The van der Waals surface area contributed by atoms with Crippen molar-refractivity contribution in [2.75, 3.05) is 6.61 Å². The van der Waals surface area contributed by atoms with Crippen LogP contribution in [0.1, 0.15) is 12.8 Å². The predicted octanol–water partition coefficient (Wildman–Crippen LogP) is 8.78. The van der Waals surface area contributed by atoms with Crippen LogP contribution in [0.15, 0.2) is 69.6 Å². The lowest BCUT2D eigenvalue weighted by Gasteiger charge is -2.11. The van der Waals surface area contributed by atoms with Gasteiger partial charge in [0, 0.05) is 31.7 Å². The maximum absolute atomic E-state index is 12.4. The van der Waals surface area contributed by atoms with Gasteiger partial charge in [-0.1, -0.05) is 30.3 Å². The van der Waals surface area contributed by atoms with Crippen LogP contribution in [0.2, 0.25) is 0 Å². The summed E-state index contributed by atoms with van der Waals surface area (Å²) in [6.07, 6.45) is -5.10. The van der Waals surface area contributed by atoms with Gasteiger partial charge in [0.05, 0.1) is 17.6 Å². The molecule has 33 heavy (non-hydrogen) atoms. The van der Waals surface area contributed by atoms with Crippen molar-refractivity contribution in [1.29, 1.82) is 0 Å². The van der Waals surface area contributed by atoms with Gasteiger partial charge in [-0.25, -0.2) is 4.98 Å². The zero-order valence-electron chi connectivity index (χ0n) is 17.1. The lowest BCUT2D eigenvalue weighted by molar-refractivity contribution is -0.136. The number of hydrogen-bond donors (Lipinski definition) is 1. The first-order valence-electron chi connectivity index (χ1n) is 10.3. The minimum absolute atomic E-state index is 0.00938. The zero-order chi connectivity index (χ0) is 23.2. The molecule has 0 aliphatic heterocycles. The number of nitrogens with zero attached hydrogens (tertiary/aromatic N) is 1. The Morgan fingerprint density at radius 2 is 1.58 bits per heavy atom. The fraction of sp³-hybridized carbons (Fsp3) is 0.160. The summed E-state index contributed by atoms with van der Waals surface area (Å²) >= 11 is 7.23. The molecule has 0 fully saturated rings. The Bertz CT molecular complexity index is 1470. The number of aromatic amines is 1. The van der Waals surface area contributed by atoms with Crippen LogP contribution >= 0.6 is 31.9 Å². The second-order valence-corrected chi connectivity index (χ2v) is 9.43. The van der Waals surface area contributed by atoms with E-state index in [9.17, 15) is 13.2 Å².